The highest BCUT2D eigenvalue weighted by Gasteiger charge is 2.31. The summed E-state index contributed by atoms with van der Waals surface area (Å²) in [5.74, 6) is 0.173. The minimum atomic E-state index is -4.05. The smallest absolute Gasteiger partial charge is 0.258 e. The van der Waals surface area contributed by atoms with Crippen molar-refractivity contribution in [3.8, 4) is 11.5 Å². The number of para-hydroxylation sites is 1. The molecule has 1 N–H and O–H groups in total. The van der Waals surface area contributed by atoms with Crippen molar-refractivity contribution in [2.75, 3.05) is 43.2 Å². The first-order valence-corrected chi connectivity index (χ1v) is 14.1. The Labute approximate surface area is 229 Å². The fourth-order valence-electron chi connectivity index (χ4n) is 4.98. The van der Waals surface area contributed by atoms with Gasteiger partial charge in [-0.05, 0) is 30.3 Å². The Hall–Kier alpha value is -4.42. The fraction of sp³-hybridized carbons (Fsp3) is 0.214. The molecular formula is C28H25FN4O6S. The van der Waals surface area contributed by atoms with E-state index in [1.54, 1.807) is 65.6 Å². The molecular weight excluding hydrogens is 539 g/mol. The summed E-state index contributed by atoms with van der Waals surface area (Å²) in [7, 11) is -4.05. The summed E-state index contributed by atoms with van der Waals surface area (Å²) in [6.07, 6.45) is 1.22. The van der Waals surface area contributed by atoms with Crippen LogP contribution in [-0.4, -0.2) is 56.2 Å². The molecule has 12 heteroatoms. The number of amides is 1. The number of nitrogens with one attached hydrogen (secondary N) is 1. The molecule has 0 bridgehead atoms. The number of carbonyl (C=O) groups is 1. The molecule has 1 amide bonds. The second-order valence-electron chi connectivity index (χ2n) is 9.43. The van der Waals surface area contributed by atoms with Crippen LogP contribution in [-0.2, 0) is 21.4 Å². The van der Waals surface area contributed by atoms with E-state index < -0.39 is 28.0 Å². The SMILES string of the molecule is O=C(Cn1cc(S(=O)(=O)N2CCN(c3ccccc3F)CC2)c2ccccc2c1=O)Nc1ccc2c(c1)OCO2. The Kier molecular flexibility index (Phi) is 6.64. The Morgan fingerprint density at radius 2 is 1.60 bits per heavy atom. The number of rotatable bonds is 6. The minimum absolute atomic E-state index is 0.0714. The van der Waals surface area contributed by atoms with Crippen LogP contribution in [0.1, 0.15) is 0 Å². The van der Waals surface area contributed by atoms with Crippen molar-refractivity contribution >= 4 is 38.1 Å². The van der Waals surface area contributed by atoms with Gasteiger partial charge in [0.1, 0.15) is 17.3 Å². The monoisotopic (exact) mass is 564 g/mol. The Morgan fingerprint density at radius 1 is 0.900 bits per heavy atom. The summed E-state index contributed by atoms with van der Waals surface area (Å²) in [5.41, 5.74) is 0.385. The number of halogens is 1. The first kappa shape index (κ1) is 25.8. The normalized spacial score (nSPS) is 15.4. The number of fused-ring (bicyclic) bond motifs is 2. The molecule has 40 heavy (non-hydrogen) atoms. The lowest BCUT2D eigenvalue weighted by Gasteiger charge is -2.35. The van der Waals surface area contributed by atoms with Crippen LogP contribution in [0, 0.1) is 5.82 Å². The summed E-state index contributed by atoms with van der Waals surface area (Å²) in [6, 6.07) is 17.7. The zero-order valence-electron chi connectivity index (χ0n) is 21.2. The van der Waals surface area contributed by atoms with Gasteiger partial charge in [-0.25, -0.2) is 12.8 Å². The molecule has 3 aromatic carbocycles. The van der Waals surface area contributed by atoms with Crippen molar-refractivity contribution in [1.29, 1.82) is 0 Å². The molecule has 0 radical (unpaired) electrons. The van der Waals surface area contributed by atoms with Gasteiger partial charge in [0.25, 0.3) is 5.56 Å². The topological polar surface area (TPSA) is 110 Å². The third kappa shape index (κ3) is 4.75. The van der Waals surface area contributed by atoms with Crippen LogP contribution in [0.5, 0.6) is 11.5 Å². The van der Waals surface area contributed by atoms with Crippen LogP contribution in [0.4, 0.5) is 15.8 Å². The number of carbonyl (C=O) groups excluding carboxylic acids is 1. The van der Waals surface area contributed by atoms with E-state index in [0.29, 0.717) is 36.0 Å². The van der Waals surface area contributed by atoms with Gasteiger partial charge in [-0.2, -0.15) is 4.31 Å². The zero-order chi connectivity index (χ0) is 27.9. The van der Waals surface area contributed by atoms with Crippen molar-refractivity contribution < 1.29 is 27.1 Å². The molecule has 2 aliphatic rings. The zero-order valence-corrected chi connectivity index (χ0v) is 22.1. The number of hydrogen-bond donors (Lipinski definition) is 1. The molecule has 0 atom stereocenters. The molecule has 10 nitrogen and oxygen atoms in total. The molecule has 1 saturated heterocycles. The Bertz CT molecular complexity index is 1780. The van der Waals surface area contributed by atoms with Gasteiger partial charge in [-0.3, -0.25) is 9.59 Å². The molecule has 2 aliphatic heterocycles. The average Bonchev–Trinajstić information content (AvgIpc) is 3.43. The number of sulfonamides is 1. The number of aromatic nitrogens is 1. The van der Waals surface area contributed by atoms with Crippen molar-refractivity contribution in [2.45, 2.75) is 11.4 Å². The largest absolute Gasteiger partial charge is 0.454 e. The molecule has 1 fully saturated rings. The first-order valence-electron chi connectivity index (χ1n) is 12.6. The Morgan fingerprint density at radius 3 is 2.38 bits per heavy atom. The van der Waals surface area contributed by atoms with Gasteiger partial charge in [0.2, 0.25) is 22.7 Å². The Balaban J connectivity index is 1.27. The van der Waals surface area contributed by atoms with Crippen LogP contribution in [0.2, 0.25) is 0 Å². The number of nitrogens with zero attached hydrogens (tertiary/aromatic N) is 3. The van der Waals surface area contributed by atoms with E-state index in [2.05, 4.69) is 5.32 Å². The number of pyridine rings is 1. The maximum absolute atomic E-state index is 14.3. The number of ether oxygens (including phenoxy) is 2. The molecule has 0 saturated carbocycles. The maximum Gasteiger partial charge on any atom is 0.258 e. The summed E-state index contributed by atoms with van der Waals surface area (Å²) in [6.45, 7) is 0.561. The van der Waals surface area contributed by atoms with Crippen molar-refractivity contribution in [1.82, 2.24) is 8.87 Å². The number of hydrogen-bond acceptors (Lipinski definition) is 7. The minimum Gasteiger partial charge on any atom is -0.454 e. The molecule has 0 unspecified atom stereocenters. The standard InChI is InChI=1S/C28H25FN4O6S/c29-22-7-3-4-8-23(22)31-11-13-33(14-12-31)40(36,37)26-16-32(28(35)21-6-2-1-5-20(21)26)17-27(34)30-19-9-10-24-25(15-19)39-18-38-24/h1-10,15-16H,11-14,17-18H2,(H,30,34). The van der Waals surface area contributed by atoms with E-state index in [-0.39, 0.29) is 41.4 Å². The van der Waals surface area contributed by atoms with Crippen molar-refractivity contribution in [3.05, 3.63) is 89.1 Å². The molecule has 0 aliphatic carbocycles. The first-order chi connectivity index (χ1) is 19.3. The van der Waals surface area contributed by atoms with Gasteiger partial charge in [-0.1, -0.05) is 30.3 Å². The van der Waals surface area contributed by atoms with Crippen molar-refractivity contribution in [3.63, 3.8) is 0 Å². The third-order valence-corrected chi connectivity index (χ3v) is 8.90. The van der Waals surface area contributed by atoms with Crippen LogP contribution >= 0.6 is 0 Å². The fourth-order valence-corrected chi connectivity index (χ4v) is 6.62. The van der Waals surface area contributed by atoms with Gasteiger partial charge in [-0.15, -0.1) is 0 Å². The summed E-state index contributed by atoms with van der Waals surface area (Å²) >= 11 is 0. The lowest BCUT2D eigenvalue weighted by Crippen LogP contribution is -2.49. The van der Waals surface area contributed by atoms with E-state index in [4.69, 9.17) is 9.47 Å². The van der Waals surface area contributed by atoms with Crippen molar-refractivity contribution in [2.24, 2.45) is 0 Å². The second-order valence-corrected chi connectivity index (χ2v) is 11.3. The lowest BCUT2D eigenvalue weighted by atomic mass is 10.2. The van der Waals surface area contributed by atoms with E-state index in [1.807, 2.05) is 0 Å². The van der Waals surface area contributed by atoms with Crippen LogP contribution < -0.4 is 25.2 Å². The summed E-state index contributed by atoms with van der Waals surface area (Å²) in [5, 5.41) is 3.17. The van der Waals surface area contributed by atoms with Gasteiger partial charge >= 0.3 is 0 Å². The van der Waals surface area contributed by atoms with Crippen LogP contribution in [0.15, 0.2) is 82.6 Å². The van der Waals surface area contributed by atoms with Crippen LogP contribution in [0.25, 0.3) is 10.8 Å². The summed E-state index contributed by atoms with van der Waals surface area (Å²) in [4.78, 5) is 27.9. The maximum atomic E-state index is 14.3. The molecule has 4 aromatic rings. The lowest BCUT2D eigenvalue weighted by molar-refractivity contribution is -0.116. The number of anilines is 2. The van der Waals surface area contributed by atoms with E-state index in [0.717, 1.165) is 4.57 Å². The second kappa shape index (κ2) is 10.3. The molecule has 0 spiro atoms. The summed E-state index contributed by atoms with van der Waals surface area (Å²) < 4.78 is 55.0. The van der Waals surface area contributed by atoms with Gasteiger partial charge < -0.3 is 24.3 Å². The molecule has 1 aromatic heterocycles. The van der Waals surface area contributed by atoms with Gasteiger partial charge in [0.05, 0.1) is 5.69 Å². The van der Waals surface area contributed by atoms with E-state index in [9.17, 15) is 22.4 Å². The third-order valence-electron chi connectivity index (χ3n) is 6.98. The number of benzene rings is 3. The van der Waals surface area contributed by atoms with E-state index in [1.165, 1.54) is 16.6 Å². The highest BCUT2D eigenvalue weighted by Crippen LogP contribution is 2.34. The molecule has 6 rings (SSSR count). The highest BCUT2D eigenvalue weighted by atomic mass is 32.2. The quantitative estimate of drug-likeness (QED) is 0.383. The number of piperazine rings is 1. The molecule has 206 valence electrons. The van der Waals surface area contributed by atoms with Crippen LogP contribution in [0.3, 0.4) is 0 Å². The molecule has 3 heterocycles. The predicted molar refractivity (Wildman–Crippen MR) is 147 cm³/mol. The van der Waals surface area contributed by atoms with Gasteiger partial charge in [0.15, 0.2) is 11.5 Å². The highest BCUT2D eigenvalue weighted by molar-refractivity contribution is 7.89. The van der Waals surface area contributed by atoms with Gasteiger partial charge in [0, 0.05) is 54.9 Å². The average molecular weight is 565 g/mol. The van der Waals surface area contributed by atoms with E-state index >= 15 is 0 Å². The predicted octanol–water partition coefficient (Wildman–Crippen LogP) is 3.02.